The van der Waals surface area contributed by atoms with Crippen LogP contribution in [0.3, 0.4) is 0 Å². The van der Waals surface area contributed by atoms with E-state index in [1.165, 1.54) is 0 Å². The minimum atomic E-state index is 0.241. The molecule has 0 aliphatic heterocycles. The molecule has 104 valence electrons. The average molecular weight is 316 g/mol. The summed E-state index contributed by atoms with van der Waals surface area (Å²) in [7, 11) is 0. The summed E-state index contributed by atoms with van der Waals surface area (Å²) in [5.74, 6) is 0.241. The van der Waals surface area contributed by atoms with Gasteiger partial charge in [0.25, 0.3) is 0 Å². The molecule has 0 fully saturated rings. The summed E-state index contributed by atoms with van der Waals surface area (Å²) in [5, 5.41) is 11.4. The largest absolute Gasteiger partial charge is 0.508 e. The Kier molecular flexibility index (Phi) is 3.82. The van der Waals surface area contributed by atoms with E-state index >= 15 is 0 Å². The van der Waals surface area contributed by atoms with E-state index in [4.69, 9.17) is 23.2 Å². The van der Waals surface area contributed by atoms with Gasteiger partial charge in [0.15, 0.2) is 0 Å². The molecular formula is C17H11Cl2NO. The van der Waals surface area contributed by atoms with Gasteiger partial charge in [-0.2, -0.15) is 0 Å². The molecule has 0 amide bonds. The van der Waals surface area contributed by atoms with Gasteiger partial charge in [-0.05, 0) is 42.0 Å². The van der Waals surface area contributed by atoms with Crippen LogP contribution in [0.25, 0.3) is 23.1 Å². The molecule has 21 heavy (non-hydrogen) atoms. The third-order valence-electron chi connectivity index (χ3n) is 3.07. The molecule has 0 aliphatic carbocycles. The average Bonchev–Trinajstić information content (AvgIpc) is 2.46. The third kappa shape index (κ3) is 3.18. The number of nitrogens with zero attached hydrogens (tertiary/aromatic N) is 1. The van der Waals surface area contributed by atoms with Crippen LogP contribution in [0.1, 0.15) is 11.3 Å². The van der Waals surface area contributed by atoms with Gasteiger partial charge in [-0.25, -0.2) is 4.98 Å². The number of aromatic hydroxyl groups is 1. The zero-order valence-corrected chi connectivity index (χ0v) is 12.4. The first-order chi connectivity index (χ1) is 10.1. The summed E-state index contributed by atoms with van der Waals surface area (Å²) >= 11 is 12.0. The summed E-state index contributed by atoms with van der Waals surface area (Å²) in [4.78, 5) is 4.52. The number of fused-ring (bicyclic) bond motifs is 1. The Labute approximate surface area is 132 Å². The van der Waals surface area contributed by atoms with Gasteiger partial charge in [-0.3, -0.25) is 0 Å². The zero-order chi connectivity index (χ0) is 14.8. The summed E-state index contributed by atoms with van der Waals surface area (Å²) in [5.41, 5.74) is 2.51. The maximum atomic E-state index is 9.43. The van der Waals surface area contributed by atoms with E-state index in [1.807, 2.05) is 30.4 Å². The highest BCUT2D eigenvalue weighted by molar-refractivity contribution is 6.42. The van der Waals surface area contributed by atoms with E-state index in [1.54, 1.807) is 30.3 Å². The normalized spacial score (nSPS) is 11.3. The third-order valence-corrected chi connectivity index (χ3v) is 3.79. The predicted octanol–water partition coefficient (Wildman–Crippen LogP) is 5.42. The van der Waals surface area contributed by atoms with Gasteiger partial charge in [0.2, 0.25) is 0 Å². The molecule has 0 aliphatic rings. The van der Waals surface area contributed by atoms with Crippen molar-refractivity contribution in [1.82, 2.24) is 4.98 Å². The molecule has 2 aromatic carbocycles. The second-order valence-corrected chi connectivity index (χ2v) is 5.44. The van der Waals surface area contributed by atoms with Crippen molar-refractivity contribution in [3.05, 3.63) is 69.8 Å². The van der Waals surface area contributed by atoms with Gasteiger partial charge in [-0.1, -0.05) is 47.5 Å². The number of hydrogen-bond donors (Lipinski definition) is 1. The van der Waals surface area contributed by atoms with Crippen molar-refractivity contribution in [3.8, 4) is 5.75 Å². The van der Waals surface area contributed by atoms with Crippen molar-refractivity contribution in [2.24, 2.45) is 0 Å². The van der Waals surface area contributed by atoms with Crippen molar-refractivity contribution in [1.29, 1.82) is 0 Å². The van der Waals surface area contributed by atoms with Gasteiger partial charge in [0, 0.05) is 5.39 Å². The van der Waals surface area contributed by atoms with Gasteiger partial charge in [0.1, 0.15) is 5.75 Å². The minimum absolute atomic E-state index is 0.241. The minimum Gasteiger partial charge on any atom is -0.508 e. The van der Waals surface area contributed by atoms with Crippen molar-refractivity contribution in [2.45, 2.75) is 0 Å². The van der Waals surface area contributed by atoms with E-state index in [0.29, 0.717) is 10.0 Å². The number of halogens is 2. The zero-order valence-electron chi connectivity index (χ0n) is 10.9. The standard InChI is InChI=1S/C17H11Cl2NO/c18-15-9-12-5-7-13(20-17(12)10-16(15)19)6-4-11-2-1-3-14(21)8-11/h1-10,21H/b6-4+. The first kappa shape index (κ1) is 13.9. The Balaban J connectivity index is 1.96. The molecule has 1 heterocycles. The lowest BCUT2D eigenvalue weighted by molar-refractivity contribution is 0.475. The lowest BCUT2D eigenvalue weighted by Crippen LogP contribution is -1.84. The van der Waals surface area contributed by atoms with E-state index in [0.717, 1.165) is 22.2 Å². The molecule has 0 saturated carbocycles. The molecule has 3 rings (SSSR count). The number of phenols is 1. The SMILES string of the molecule is Oc1cccc(/C=C/c2ccc3cc(Cl)c(Cl)cc3n2)c1. The lowest BCUT2D eigenvalue weighted by Gasteiger charge is -2.02. The first-order valence-corrected chi connectivity index (χ1v) is 7.10. The molecule has 0 saturated heterocycles. The second kappa shape index (κ2) is 5.76. The fraction of sp³-hybridized carbons (Fsp3) is 0. The van der Waals surface area contributed by atoms with E-state index in [2.05, 4.69) is 4.98 Å². The Morgan fingerprint density at radius 3 is 2.52 bits per heavy atom. The van der Waals surface area contributed by atoms with Crippen LogP contribution in [0.15, 0.2) is 48.5 Å². The molecule has 3 aromatic rings. The van der Waals surface area contributed by atoms with Crippen LogP contribution in [0.5, 0.6) is 5.75 Å². The lowest BCUT2D eigenvalue weighted by atomic mass is 10.1. The van der Waals surface area contributed by atoms with E-state index in [9.17, 15) is 5.11 Å². The molecule has 4 heteroatoms. The maximum Gasteiger partial charge on any atom is 0.116 e. The summed E-state index contributed by atoms with van der Waals surface area (Å²) < 4.78 is 0. The van der Waals surface area contributed by atoms with E-state index in [-0.39, 0.29) is 5.75 Å². The van der Waals surface area contributed by atoms with Crippen molar-refractivity contribution in [2.75, 3.05) is 0 Å². The number of rotatable bonds is 2. The highest BCUT2D eigenvalue weighted by Gasteiger charge is 2.02. The van der Waals surface area contributed by atoms with Crippen LogP contribution in [0.2, 0.25) is 10.0 Å². The fourth-order valence-electron chi connectivity index (χ4n) is 2.04. The molecule has 1 aromatic heterocycles. The molecule has 0 radical (unpaired) electrons. The fourth-order valence-corrected chi connectivity index (χ4v) is 2.37. The van der Waals surface area contributed by atoms with Gasteiger partial charge >= 0.3 is 0 Å². The smallest absolute Gasteiger partial charge is 0.116 e. The topological polar surface area (TPSA) is 33.1 Å². The van der Waals surface area contributed by atoms with Crippen LogP contribution < -0.4 is 0 Å². The molecule has 1 N–H and O–H groups in total. The van der Waals surface area contributed by atoms with Crippen LogP contribution in [0.4, 0.5) is 0 Å². The van der Waals surface area contributed by atoms with Gasteiger partial charge in [0.05, 0.1) is 21.3 Å². The van der Waals surface area contributed by atoms with Crippen LogP contribution in [0, 0.1) is 0 Å². The summed E-state index contributed by atoms with van der Waals surface area (Å²) in [6, 6.07) is 14.4. The number of hydrogen-bond acceptors (Lipinski definition) is 2. The monoisotopic (exact) mass is 315 g/mol. The summed E-state index contributed by atoms with van der Waals surface area (Å²) in [6.45, 7) is 0. The Bertz CT molecular complexity index is 843. The van der Waals surface area contributed by atoms with Crippen LogP contribution in [-0.4, -0.2) is 10.1 Å². The quantitative estimate of drug-likeness (QED) is 0.685. The number of aromatic nitrogens is 1. The molecule has 0 atom stereocenters. The highest BCUT2D eigenvalue weighted by Crippen LogP contribution is 2.27. The van der Waals surface area contributed by atoms with Crippen LogP contribution in [-0.2, 0) is 0 Å². The molecule has 2 nitrogen and oxygen atoms in total. The highest BCUT2D eigenvalue weighted by atomic mass is 35.5. The Morgan fingerprint density at radius 1 is 0.905 bits per heavy atom. The number of benzene rings is 2. The Morgan fingerprint density at radius 2 is 1.71 bits per heavy atom. The van der Waals surface area contributed by atoms with Crippen molar-refractivity contribution >= 4 is 46.3 Å². The Hall–Kier alpha value is -2.03. The predicted molar refractivity (Wildman–Crippen MR) is 88.8 cm³/mol. The van der Waals surface area contributed by atoms with Crippen molar-refractivity contribution in [3.63, 3.8) is 0 Å². The number of pyridine rings is 1. The van der Waals surface area contributed by atoms with Crippen LogP contribution >= 0.6 is 23.2 Å². The molecule has 0 bridgehead atoms. The second-order valence-electron chi connectivity index (χ2n) is 4.62. The maximum absolute atomic E-state index is 9.43. The van der Waals surface area contributed by atoms with E-state index < -0.39 is 0 Å². The number of phenolic OH excluding ortho intramolecular Hbond substituents is 1. The molecule has 0 spiro atoms. The molecule has 0 unspecified atom stereocenters. The first-order valence-electron chi connectivity index (χ1n) is 6.35. The van der Waals surface area contributed by atoms with Crippen molar-refractivity contribution < 1.29 is 5.11 Å². The van der Waals surface area contributed by atoms with Gasteiger partial charge < -0.3 is 5.11 Å². The van der Waals surface area contributed by atoms with Gasteiger partial charge in [-0.15, -0.1) is 0 Å². The molecular weight excluding hydrogens is 305 g/mol. The summed E-state index contributed by atoms with van der Waals surface area (Å²) in [6.07, 6.45) is 3.78.